The number of pyridine rings is 1. The van der Waals surface area contributed by atoms with Crippen LogP contribution < -0.4 is 0 Å². The third-order valence-electron chi connectivity index (χ3n) is 1.86. The van der Waals surface area contributed by atoms with Crippen molar-refractivity contribution in [2.75, 3.05) is 0 Å². The molecule has 5 nitrogen and oxygen atoms in total. The van der Waals surface area contributed by atoms with Crippen LogP contribution in [0.15, 0.2) is 24.5 Å². The van der Waals surface area contributed by atoms with Crippen LogP contribution in [0.4, 0.5) is 0 Å². The van der Waals surface area contributed by atoms with Crippen molar-refractivity contribution in [2.24, 2.45) is 0 Å². The van der Waals surface area contributed by atoms with Gasteiger partial charge in [0.2, 0.25) is 0 Å². The summed E-state index contributed by atoms with van der Waals surface area (Å²) in [7, 11) is 0. The second-order valence-corrected chi connectivity index (χ2v) is 3.66. The fourth-order valence-electron chi connectivity index (χ4n) is 1.15. The number of hydrogen-bond acceptors (Lipinski definition) is 3. The van der Waals surface area contributed by atoms with E-state index >= 15 is 0 Å². The summed E-state index contributed by atoms with van der Waals surface area (Å²) >= 11 is 11.5. The number of aromatic carboxylic acids is 1. The summed E-state index contributed by atoms with van der Waals surface area (Å²) in [5.41, 5.74) is -0.0941. The minimum absolute atomic E-state index is 0.0941. The van der Waals surface area contributed by atoms with E-state index in [1.54, 1.807) is 12.1 Å². The number of nitrogens with zero attached hydrogens (tertiary/aromatic N) is 3. The summed E-state index contributed by atoms with van der Waals surface area (Å²) in [5, 5.41) is 12.9. The molecule has 0 amide bonds. The lowest BCUT2D eigenvalue weighted by Crippen LogP contribution is -1.98. The number of hydrogen-bond donors (Lipinski definition) is 1. The minimum Gasteiger partial charge on any atom is -0.478 e. The summed E-state index contributed by atoms with van der Waals surface area (Å²) < 4.78 is 1.23. The van der Waals surface area contributed by atoms with Gasteiger partial charge in [0.05, 0.1) is 5.02 Å². The molecule has 0 saturated heterocycles. The average Bonchev–Trinajstić information content (AvgIpc) is 2.61. The Hall–Kier alpha value is -1.59. The van der Waals surface area contributed by atoms with Gasteiger partial charge in [-0.1, -0.05) is 23.2 Å². The zero-order chi connectivity index (χ0) is 11.7. The molecule has 1 N–H and O–H groups in total. The van der Waals surface area contributed by atoms with Crippen molar-refractivity contribution in [2.45, 2.75) is 0 Å². The van der Waals surface area contributed by atoms with Gasteiger partial charge in [-0.2, -0.15) is 5.10 Å². The third-order valence-corrected chi connectivity index (χ3v) is 2.43. The van der Waals surface area contributed by atoms with E-state index in [9.17, 15) is 4.79 Å². The molecule has 0 aliphatic rings. The van der Waals surface area contributed by atoms with Gasteiger partial charge in [-0.15, -0.1) is 0 Å². The zero-order valence-electron chi connectivity index (χ0n) is 7.76. The van der Waals surface area contributed by atoms with Crippen molar-refractivity contribution in [1.29, 1.82) is 0 Å². The molecule has 0 aliphatic heterocycles. The van der Waals surface area contributed by atoms with Crippen LogP contribution >= 0.6 is 23.2 Å². The second kappa shape index (κ2) is 4.11. The predicted octanol–water partition coefficient (Wildman–Crippen LogP) is 2.27. The van der Waals surface area contributed by atoms with E-state index in [1.807, 2.05) is 0 Å². The number of aromatic nitrogens is 3. The lowest BCUT2D eigenvalue weighted by molar-refractivity contribution is 0.0697. The molecule has 0 radical (unpaired) electrons. The molecule has 0 unspecified atom stereocenters. The highest BCUT2D eigenvalue weighted by molar-refractivity contribution is 6.33. The molecule has 0 aromatic carbocycles. The molecule has 0 fully saturated rings. The molecule has 0 atom stereocenters. The molecular formula is C9H5Cl2N3O2. The molecule has 7 heteroatoms. The highest BCUT2D eigenvalue weighted by Crippen LogP contribution is 2.20. The highest BCUT2D eigenvalue weighted by Gasteiger charge is 2.15. The van der Waals surface area contributed by atoms with Crippen LogP contribution in [0.25, 0.3) is 5.82 Å². The van der Waals surface area contributed by atoms with E-state index in [1.165, 1.54) is 17.1 Å². The standard InChI is InChI=1S/C9H5Cl2N3O2/c10-6-2-1-3-12-8(6)14-4-5(9(15)16)7(11)13-14/h1-4H,(H,15,16). The Balaban J connectivity index is 2.54. The smallest absolute Gasteiger partial charge is 0.340 e. The van der Waals surface area contributed by atoms with Crippen LogP contribution in [-0.4, -0.2) is 25.8 Å². The Bertz CT molecular complexity index is 553. The Morgan fingerprint density at radius 2 is 2.19 bits per heavy atom. The second-order valence-electron chi connectivity index (χ2n) is 2.89. The number of carbonyl (C=O) groups is 1. The van der Waals surface area contributed by atoms with Crippen LogP contribution in [0, 0.1) is 0 Å². The van der Waals surface area contributed by atoms with Crippen LogP contribution in [0.3, 0.4) is 0 Å². The number of rotatable bonds is 2. The van der Waals surface area contributed by atoms with Crippen LogP contribution in [0.2, 0.25) is 10.2 Å². The van der Waals surface area contributed by atoms with E-state index in [2.05, 4.69) is 10.1 Å². The van der Waals surface area contributed by atoms with Gasteiger partial charge < -0.3 is 5.11 Å². The number of halogens is 2. The van der Waals surface area contributed by atoms with Crippen molar-refractivity contribution in [3.63, 3.8) is 0 Å². The number of carboxylic acid groups (broad SMARTS) is 1. The first-order valence-electron chi connectivity index (χ1n) is 4.19. The number of carboxylic acids is 1. The largest absolute Gasteiger partial charge is 0.478 e. The first kappa shape index (κ1) is 10.9. The van der Waals surface area contributed by atoms with Gasteiger partial charge in [0.25, 0.3) is 0 Å². The normalized spacial score (nSPS) is 10.4. The fourth-order valence-corrected chi connectivity index (χ4v) is 1.57. The van der Waals surface area contributed by atoms with Crippen LogP contribution in [-0.2, 0) is 0 Å². The molecule has 2 rings (SSSR count). The molecule has 0 saturated carbocycles. The molecule has 2 aromatic heterocycles. The maximum atomic E-state index is 10.8. The van der Waals surface area contributed by atoms with Crippen LogP contribution in [0.5, 0.6) is 0 Å². The first-order valence-corrected chi connectivity index (χ1v) is 4.94. The topological polar surface area (TPSA) is 68.0 Å². The summed E-state index contributed by atoms with van der Waals surface area (Å²) in [6.07, 6.45) is 2.79. The summed E-state index contributed by atoms with van der Waals surface area (Å²) in [6.45, 7) is 0. The summed E-state index contributed by atoms with van der Waals surface area (Å²) in [5.74, 6) is -0.818. The molecule has 0 bridgehead atoms. The van der Waals surface area contributed by atoms with Crippen LogP contribution in [0.1, 0.15) is 10.4 Å². The first-order chi connectivity index (χ1) is 7.59. The van der Waals surface area contributed by atoms with Gasteiger partial charge in [0, 0.05) is 12.4 Å². The van der Waals surface area contributed by atoms with Crippen molar-refractivity contribution < 1.29 is 9.90 Å². The third kappa shape index (κ3) is 1.87. The van der Waals surface area contributed by atoms with E-state index in [0.717, 1.165) is 0 Å². The van der Waals surface area contributed by atoms with Crippen molar-refractivity contribution >= 4 is 29.2 Å². The van der Waals surface area contributed by atoms with E-state index < -0.39 is 5.97 Å². The van der Waals surface area contributed by atoms with Crippen molar-refractivity contribution in [3.8, 4) is 5.82 Å². The highest BCUT2D eigenvalue weighted by atomic mass is 35.5. The predicted molar refractivity (Wildman–Crippen MR) is 58.3 cm³/mol. The SMILES string of the molecule is O=C(O)c1cn(-c2ncccc2Cl)nc1Cl. The average molecular weight is 258 g/mol. The lowest BCUT2D eigenvalue weighted by atomic mass is 10.4. The van der Waals surface area contributed by atoms with Crippen molar-refractivity contribution in [3.05, 3.63) is 40.3 Å². The maximum absolute atomic E-state index is 10.8. The van der Waals surface area contributed by atoms with E-state index in [-0.39, 0.29) is 10.7 Å². The fraction of sp³-hybridized carbons (Fsp3) is 0. The van der Waals surface area contributed by atoms with Gasteiger partial charge in [-0.05, 0) is 12.1 Å². The molecule has 82 valence electrons. The molecule has 2 heterocycles. The molecule has 16 heavy (non-hydrogen) atoms. The quantitative estimate of drug-likeness (QED) is 0.897. The molecule has 0 aliphatic carbocycles. The Morgan fingerprint density at radius 1 is 1.44 bits per heavy atom. The summed E-state index contributed by atoms with van der Waals surface area (Å²) in [4.78, 5) is 14.7. The van der Waals surface area contributed by atoms with E-state index in [4.69, 9.17) is 28.3 Å². The Labute approximate surface area is 100 Å². The van der Waals surface area contributed by atoms with Gasteiger partial charge in [-0.3, -0.25) is 0 Å². The minimum atomic E-state index is -1.15. The van der Waals surface area contributed by atoms with Gasteiger partial charge >= 0.3 is 5.97 Å². The molecule has 2 aromatic rings. The zero-order valence-corrected chi connectivity index (χ0v) is 9.27. The van der Waals surface area contributed by atoms with Gasteiger partial charge in [0.15, 0.2) is 11.0 Å². The van der Waals surface area contributed by atoms with Gasteiger partial charge in [0.1, 0.15) is 5.56 Å². The Morgan fingerprint density at radius 3 is 2.75 bits per heavy atom. The maximum Gasteiger partial charge on any atom is 0.340 e. The van der Waals surface area contributed by atoms with E-state index in [0.29, 0.717) is 10.8 Å². The summed E-state index contributed by atoms with van der Waals surface area (Å²) in [6, 6.07) is 3.29. The molecule has 0 spiro atoms. The lowest BCUT2D eigenvalue weighted by Gasteiger charge is -2.00. The monoisotopic (exact) mass is 257 g/mol. The molecular weight excluding hydrogens is 253 g/mol. The Kier molecular flexibility index (Phi) is 2.80. The van der Waals surface area contributed by atoms with Gasteiger partial charge in [-0.25, -0.2) is 14.5 Å². The van der Waals surface area contributed by atoms with Crippen molar-refractivity contribution in [1.82, 2.24) is 14.8 Å².